The van der Waals surface area contributed by atoms with Crippen LogP contribution in [0.25, 0.3) is 11.3 Å². The fourth-order valence-electron chi connectivity index (χ4n) is 5.04. The normalized spacial score (nSPS) is 14.7. The summed E-state index contributed by atoms with van der Waals surface area (Å²) in [5, 5.41) is 3.34. The van der Waals surface area contributed by atoms with Gasteiger partial charge in [0, 0.05) is 23.7 Å². The summed E-state index contributed by atoms with van der Waals surface area (Å²) in [6.07, 6.45) is 0.735. The van der Waals surface area contributed by atoms with E-state index in [4.69, 9.17) is 9.47 Å². The Morgan fingerprint density at radius 2 is 1.73 bits per heavy atom. The van der Waals surface area contributed by atoms with Crippen LogP contribution in [0.2, 0.25) is 0 Å². The maximum absolute atomic E-state index is 12.8. The smallest absolute Gasteiger partial charge is 0.349 e. The first-order valence-corrected chi connectivity index (χ1v) is 12.4. The van der Waals surface area contributed by atoms with Crippen LogP contribution in [-0.2, 0) is 13.0 Å². The second kappa shape index (κ2) is 11.7. The highest BCUT2D eigenvalue weighted by atomic mass is 35.5. The van der Waals surface area contributed by atoms with Crippen LogP contribution in [0.4, 0.5) is 5.82 Å². The van der Waals surface area contributed by atoms with Crippen molar-refractivity contribution in [1.29, 1.82) is 0 Å². The van der Waals surface area contributed by atoms with Gasteiger partial charge >= 0.3 is 5.69 Å². The number of benzene rings is 2. The second-order valence-electron chi connectivity index (χ2n) is 9.16. The summed E-state index contributed by atoms with van der Waals surface area (Å²) in [5.41, 5.74) is 3.41. The lowest BCUT2D eigenvalue weighted by Crippen LogP contribution is -3.15. The highest BCUT2D eigenvalue weighted by Gasteiger charge is 2.25. The van der Waals surface area contributed by atoms with Crippen LogP contribution in [0.1, 0.15) is 15.9 Å². The number of methoxy groups -OCH3 is 2. The molecule has 2 aromatic carbocycles. The third kappa shape index (κ3) is 5.57. The summed E-state index contributed by atoms with van der Waals surface area (Å²) in [6, 6.07) is 15.3. The lowest BCUT2D eigenvalue weighted by atomic mass is 9.97. The Morgan fingerprint density at radius 3 is 2.43 bits per heavy atom. The van der Waals surface area contributed by atoms with Gasteiger partial charge in [0.1, 0.15) is 5.82 Å². The van der Waals surface area contributed by atoms with Crippen molar-refractivity contribution in [2.75, 3.05) is 58.8 Å². The van der Waals surface area contributed by atoms with Crippen molar-refractivity contribution in [3.8, 4) is 22.8 Å². The van der Waals surface area contributed by atoms with Crippen molar-refractivity contribution < 1.29 is 31.6 Å². The minimum Gasteiger partial charge on any atom is -1.00 e. The molecule has 1 saturated heterocycles. The molecule has 0 atom stereocenters. The number of anilines is 1. The lowest BCUT2D eigenvalue weighted by Gasteiger charge is -2.32. The van der Waals surface area contributed by atoms with Crippen LogP contribution in [0.15, 0.2) is 53.3 Å². The SMILES string of the molecule is COc1cc2c(cc1OC)-c1cc(NCC[NH+]3CCN(C(=O)c4ccccc4)CC3)nc(=O)n1CC2.[Cl-]. The van der Waals surface area contributed by atoms with E-state index in [1.165, 1.54) is 4.90 Å². The average molecular weight is 526 g/mol. The van der Waals surface area contributed by atoms with E-state index in [1.807, 2.05) is 53.4 Å². The van der Waals surface area contributed by atoms with E-state index in [0.717, 1.165) is 61.5 Å². The lowest BCUT2D eigenvalue weighted by molar-refractivity contribution is -0.902. The fraction of sp³-hybridized carbons (Fsp3) is 0.370. The maximum atomic E-state index is 12.8. The van der Waals surface area contributed by atoms with Crippen molar-refractivity contribution in [2.24, 2.45) is 0 Å². The van der Waals surface area contributed by atoms with Gasteiger partial charge in [0.05, 0.1) is 59.2 Å². The van der Waals surface area contributed by atoms with E-state index in [0.29, 0.717) is 30.4 Å². The predicted molar refractivity (Wildman–Crippen MR) is 137 cm³/mol. The van der Waals surface area contributed by atoms with Crippen LogP contribution in [0.5, 0.6) is 11.5 Å². The number of carbonyl (C=O) groups is 1. The van der Waals surface area contributed by atoms with Crippen LogP contribution in [0.3, 0.4) is 0 Å². The Kier molecular flexibility index (Phi) is 8.35. The number of nitrogens with one attached hydrogen (secondary N) is 2. The number of aromatic nitrogens is 2. The molecule has 10 heteroatoms. The molecule has 0 spiro atoms. The predicted octanol–water partition coefficient (Wildman–Crippen LogP) is -2.06. The van der Waals surface area contributed by atoms with Crippen molar-refractivity contribution >= 4 is 11.7 Å². The van der Waals surface area contributed by atoms with E-state index in [2.05, 4.69) is 10.3 Å². The van der Waals surface area contributed by atoms with Crippen LogP contribution >= 0.6 is 0 Å². The van der Waals surface area contributed by atoms with Gasteiger partial charge in [-0.15, -0.1) is 0 Å². The molecule has 0 radical (unpaired) electrons. The molecule has 3 heterocycles. The summed E-state index contributed by atoms with van der Waals surface area (Å²) in [5.74, 6) is 2.00. The summed E-state index contributed by atoms with van der Waals surface area (Å²) >= 11 is 0. The van der Waals surface area contributed by atoms with Gasteiger partial charge in [0.2, 0.25) is 0 Å². The molecule has 37 heavy (non-hydrogen) atoms. The first kappa shape index (κ1) is 26.5. The maximum Gasteiger partial charge on any atom is 0.349 e. The van der Waals surface area contributed by atoms with Gasteiger partial charge < -0.3 is 37.0 Å². The van der Waals surface area contributed by atoms with E-state index in [-0.39, 0.29) is 24.0 Å². The Morgan fingerprint density at radius 1 is 1.03 bits per heavy atom. The molecule has 1 amide bonds. The Labute approximate surface area is 222 Å². The zero-order valence-corrected chi connectivity index (χ0v) is 21.9. The van der Waals surface area contributed by atoms with Crippen molar-refractivity contribution in [3.63, 3.8) is 0 Å². The number of hydrogen-bond acceptors (Lipinski definition) is 6. The Balaban J connectivity index is 0.00000320. The number of carbonyl (C=O) groups excluding carboxylic acids is 1. The number of nitrogens with zero attached hydrogens (tertiary/aromatic N) is 3. The molecule has 0 unspecified atom stereocenters. The summed E-state index contributed by atoms with van der Waals surface area (Å²) < 4.78 is 12.7. The zero-order chi connectivity index (χ0) is 25.1. The largest absolute Gasteiger partial charge is 1.00 e. The minimum atomic E-state index is -0.254. The second-order valence-corrected chi connectivity index (χ2v) is 9.16. The van der Waals surface area contributed by atoms with Crippen LogP contribution in [-0.4, -0.2) is 73.8 Å². The number of hydrogen-bond donors (Lipinski definition) is 2. The van der Waals surface area contributed by atoms with E-state index in [9.17, 15) is 9.59 Å². The molecule has 1 fully saturated rings. The monoisotopic (exact) mass is 525 g/mol. The highest BCUT2D eigenvalue weighted by molar-refractivity contribution is 5.94. The van der Waals surface area contributed by atoms with Gasteiger partial charge in [-0.25, -0.2) is 4.79 Å². The molecule has 0 bridgehead atoms. The molecule has 2 aliphatic rings. The van der Waals surface area contributed by atoms with E-state index >= 15 is 0 Å². The molecule has 1 aromatic heterocycles. The quantitative estimate of drug-likeness (QED) is 0.369. The molecule has 5 rings (SSSR count). The molecule has 196 valence electrons. The zero-order valence-electron chi connectivity index (χ0n) is 21.1. The van der Waals surface area contributed by atoms with Gasteiger partial charge in [-0.1, -0.05) is 18.2 Å². The van der Waals surface area contributed by atoms with Crippen LogP contribution in [0, 0.1) is 0 Å². The molecular weight excluding hydrogens is 494 g/mol. The van der Waals surface area contributed by atoms with Crippen LogP contribution < -0.4 is 37.8 Å². The standard InChI is InChI=1S/C27H31N5O4.ClH/c1-35-23-16-20-8-10-32-22(21(20)17-24(23)36-2)18-25(29-27(32)34)28-9-11-30-12-14-31(15-13-30)26(33)19-6-4-3-5-7-19;/h3-7,16-18H,8-15H2,1-2H3,(H,28,29,34);1H. The number of amides is 1. The van der Waals surface area contributed by atoms with Gasteiger partial charge in [-0.3, -0.25) is 9.36 Å². The topological polar surface area (TPSA) is 90.1 Å². The van der Waals surface area contributed by atoms with Gasteiger partial charge in [0.15, 0.2) is 11.5 Å². The molecule has 0 saturated carbocycles. The number of ether oxygens (including phenoxy) is 2. The summed E-state index contributed by atoms with van der Waals surface area (Å²) in [4.78, 5) is 33.1. The first-order chi connectivity index (χ1) is 17.6. The Bertz CT molecular complexity index is 1310. The van der Waals surface area contributed by atoms with E-state index < -0.39 is 0 Å². The molecular formula is C27H32ClN5O4. The minimum absolute atomic E-state index is 0. The number of piperazine rings is 1. The molecule has 0 aliphatic carbocycles. The number of quaternary nitrogens is 1. The van der Waals surface area contributed by atoms with E-state index in [1.54, 1.807) is 18.8 Å². The van der Waals surface area contributed by atoms with Gasteiger partial charge in [0.25, 0.3) is 5.91 Å². The third-order valence-electron chi connectivity index (χ3n) is 7.06. The van der Waals surface area contributed by atoms with Gasteiger partial charge in [-0.05, 0) is 36.2 Å². The fourth-order valence-corrected chi connectivity index (χ4v) is 5.04. The molecule has 2 aliphatic heterocycles. The number of fused-ring (bicyclic) bond motifs is 3. The number of aryl methyl sites for hydroxylation is 1. The summed E-state index contributed by atoms with van der Waals surface area (Å²) in [6.45, 7) is 5.43. The number of rotatable bonds is 7. The third-order valence-corrected chi connectivity index (χ3v) is 7.06. The highest BCUT2D eigenvalue weighted by Crippen LogP contribution is 2.38. The van der Waals surface area contributed by atoms with Gasteiger partial charge in [-0.2, -0.15) is 4.98 Å². The first-order valence-electron chi connectivity index (χ1n) is 12.4. The number of halogens is 1. The Hall–Kier alpha value is -3.56. The molecule has 2 N–H and O–H groups in total. The molecule has 9 nitrogen and oxygen atoms in total. The average Bonchev–Trinajstić information content (AvgIpc) is 2.92. The van der Waals surface area contributed by atoms with Crippen molar-refractivity contribution in [3.05, 3.63) is 70.1 Å². The molecule has 3 aromatic rings. The van der Waals surface area contributed by atoms with Crippen molar-refractivity contribution in [1.82, 2.24) is 14.5 Å². The van der Waals surface area contributed by atoms with Crippen molar-refractivity contribution in [2.45, 2.75) is 13.0 Å². The summed E-state index contributed by atoms with van der Waals surface area (Å²) in [7, 11) is 3.24.